The first kappa shape index (κ1) is 15.7. The third-order valence-electron chi connectivity index (χ3n) is 3.48. The van der Waals surface area contributed by atoms with E-state index in [9.17, 15) is 4.79 Å². The Morgan fingerprint density at radius 2 is 1.95 bits per heavy atom. The van der Waals surface area contributed by atoms with Crippen molar-refractivity contribution in [2.24, 2.45) is 5.92 Å². The minimum atomic E-state index is -0.130. The summed E-state index contributed by atoms with van der Waals surface area (Å²) >= 11 is 0. The maximum Gasteiger partial charge on any atom is 0.308 e. The van der Waals surface area contributed by atoms with Gasteiger partial charge in [0.2, 0.25) is 0 Å². The van der Waals surface area contributed by atoms with Crippen molar-refractivity contribution in [1.82, 2.24) is 0 Å². The molecule has 3 heteroatoms. The van der Waals surface area contributed by atoms with E-state index in [-0.39, 0.29) is 24.4 Å². The molecule has 0 aliphatic heterocycles. The van der Waals surface area contributed by atoms with Crippen molar-refractivity contribution in [1.29, 1.82) is 0 Å². The van der Waals surface area contributed by atoms with Gasteiger partial charge in [0.15, 0.2) is 0 Å². The second-order valence-electron chi connectivity index (χ2n) is 5.04. The van der Waals surface area contributed by atoms with E-state index in [1.54, 1.807) is 0 Å². The first-order chi connectivity index (χ1) is 9.12. The van der Waals surface area contributed by atoms with Gasteiger partial charge in [-0.25, -0.2) is 0 Å². The van der Waals surface area contributed by atoms with Crippen LogP contribution in [0.4, 0.5) is 0 Å². The van der Waals surface area contributed by atoms with Crippen LogP contribution in [0.2, 0.25) is 0 Å². The predicted molar refractivity (Wildman–Crippen MR) is 76.1 cm³/mol. The van der Waals surface area contributed by atoms with Gasteiger partial charge in [-0.15, -0.1) is 0 Å². The van der Waals surface area contributed by atoms with Crippen molar-refractivity contribution in [3.63, 3.8) is 0 Å². The molecule has 3 nitrogen and oxygen atoms in total. The van der Waals surface area contributed by atoms with Crippen molar-refractivity contribution in [2.75, 3.05) is 13.7 Å². The van der Waals surface area contributed by atoms with Gasteiger partial charge in [0.1, 0.15) is 0 Å². The Morgan fingerprint density at radius 3 is 2.42 bits per heavy atom. The van der Waals surface area contributed by atoms with Crippen molar-refractivity contribution >= 4 is 5.97 Å². The number of benzene rings is 1. The fourth-order valence-corrected chi connectivity index (χ4v) is 2.19. The van der Waals surface area contributed by atoms with E-state index in [0.29, 0.717) is 6.42 Å². The highest BCUT2D eigenvalue weighted by Gasteiger charge is 2.18. The van der Waals surface area contributed by atoms with Gasteiger partial charge in [-0.3, -0.25) is 4.79 Å². The van der Waals surface area contributed by atoms with Crippen LogP contribution in [0.5, 0.6) is 0 Å². The molecular formula is C16H24O3. The maximum atomic E-state index is 11.7. The molecule has 0 aliphatic carbocycles. The lowest BCUT2D eigenvalue weighted by Gasteiger charge is -2.14. The molecule has 0 fully saturated rings. The van der Waals surface area contributed by atoms with Crippen LogP contribution in [0.15, 0.2) is 24.3 Å². The molecule has 106 valence electrons. The third kappa shape index (κ3) is 4.67. The zero-order chi connectivity index (χ0) is 14.3. The number of carbonyl (C=O) groups excluding carboxylic acids is 1. The minimum Gasteiger partial charge on any atom is -0.469 e. The highest BCUT2D eigenvalue weighted by molar-refractivity contribution is 5.72. The Kier molecular flexibility index (Phi) is 6.57. The Bertz CT molecular complexity index is 383. The van der Waals surface area contributed by atoms with Gasteiger partial charge in [-0.05, 0) is 24.0 Å². The van der Waals surface area contributed by atoms with Gasteiger partial charge in [0, 0.05) is 12.5 Å². The quantitative estimate of drug-likeness (QED) is 0.770. The second-order valence-corrected chi connectivity index (χ2v) is 5.04. The lowest BCUT2D eigenvalue weighted by molar-refractivity contribution is -0.145. The van der Waals surface area contributed by atoms with Crippen molar-refractivity contribution in [2.45, 2.75) is 39.0 Å². The SMILES string of the molecule is CCCC(Cc1ccc(C(C)CO)cc1)C(=O)OC. The standard InChI is InChI=1S/C16H24O3/c1-4-5-15(16(18)19-3)10-13-6-8-14(9-7-13)12(2)11-17/h6-9,12,15,17H,4-5,10-11H2,1-3H3. The van der Waals surface area contributed by atoms with Crippen LogP contribution in [-0.2, 0) is 16.0 Å². The van der Waals surface area contributed by atoms with Crippen molar-refractivity contribution in [3.8, 4) is 0 Å². The van der Waals surface area contributed by atoms with Gasteiger partial charge in [-0.2, -0.15) is 0 Å². The number of esters is 1. The number of hydrogen-bond donors (Lipinski definition) is 1. The zero-order valence-electron chi connectivity index (χ0n) is 12.1. The molecule has 2 unspecified atom stereocenters. The fraction of sp³-hybridized carbons (Fsp3) is 0.562. The van der Waals surface area contributed by atoms with Crippen LogP contribution in [0, 0.1) is 5.92 Å². The van der Waals surface area contributed by atoms with Gasteiger partial charge in [-0.1, -0.05) is 44.5 Å². The Hall–Kier alpha value is -1.35. The fourth-order valence-electron chi connectivity index (χ4n) is 2.19. The topological polar surface area (TPSA) is 46.5 Å². The summed E-state index contributed by atoms with van der Waals surface area (Å²) in [5.74, 6) is -0.0353. The number of rotatable bonds is 7. The van der Waals surface area contributed by atoms with Crippen molar-refractivity contribution < 1.29 is 14.6 Å². The molecule has 0 bridgehead atoms. The molecule has 2 atom stereocenters. The van der Waals surface area contributed by atoms with Crippen molar-refractivity contribution in [3.05, 3.63) is 35.4 Å². The first-order valence-corrected chi connectivity index (χ1v) is 6.89. The van der Waals surface area contributed by atoms with Crippen LogP contribution < -0.4 is 0 Å². The average molecular weight is 264 g/mol. The van der Waals surface area contributed by atoms with E-state index in [4.69, 9.17) is 9.84 Å². The molecule has 0 amide bonds. The van der Waals surface area contributed by atoms with E-state index >= 15 is 0 Å². The van der Waals surface area contributed by atoms with E-state index < -0.39 is 0 Å². The molecular weight excluding hydrogens is 240 g/mol. The highest BCUT2D eigenvalue weighted by Crippen LogP contribution is 2.19. The highest BCUT2D eigenvalue weighted by atomic mass is 16.5. The summed E-state index contributed by atoms with van der Waals surface area (Å²) in [6.07, 6.45) is 2.54. The number of ether oxygens (including phenoxy) is 1. The smallest absolute Gasteiger partial charge is 0.308 e. The van der Waals surface area contributed by atoms with E-state index in [1.807, 2.05) is 31.2 Å². The van der Waals surface area contributed by atoms with Crippen LogP contribution in [0.25, 0.3) is 0 Å². The first-order valence-electron chi connectivity index (χ1n) is 6.89. The van der Waals surface area contributed by atoms with Gasteiger partial charge < -0.3 is 9.84 Å². The molecule has 0 aromatic heterocycles. The Labute approximate surface area is 115 Å². The summed E-state index contributed by atoms with van der Waals surface area (Å²) in [6, 6.07) is 8.12. The number of carbonyl (C=O) groups is 1. The summed E-state index contributed by atoms with van der Waals surface area (Å²) in [7, 11) is 1.44. The molecule has 1 aromatic carbocycles. The van der Waals surface area contributed by atoms with Gasteiger partial charge in [0.05, 0.1) is 13.0 Å². The monoisotopic (exact) mass is 264 g/mol. The molecule has 19 heavy (non-hydrogen) atoms. The van der Waals surface area contributed by atoms with Crippen LogP contribution >= 0.6 is 0 Å². The summed E-state index contributed by atoms with van der Waals surface area (Å²) in [5.41, 5.74) is 2.26. The van der Waals surface area contributed by atoms with Crippen LogP contribution in [0.1, 0.15) is 43.7 Å². The molecule has 0 radical (unpaired) electrons. The zero-order valence-corrected chi connectivity index (χ0v) is 12.1. The lowest BCUT2D eigenvalue weighted by Crippen LogP contribution is -2.18. The molecule has 0 saturated carbocycles. The van der Waals surface area contributed by atoms with Gasteiger partial charge >= 0.3 is 5.97 Å². The summed E-state index contributed by atoms with van der Waals surface area (Å²) in [5, 5.41) is 9.12. The number of hydrogen-bond acceptors (Lipinski definition) is 3. The number of methoxy groups -OCH3 is 1. The predicted octanol–water partition coefficient (Wildman–Crippen LogP) is 2.91. The molecule has 0 aliphatic rings. The minimum absolute atomic E-state index is 0.0592. The third-order valence-corrected chi connectivity index (χ3v) is 3.48. The molecule has 0 spiro atoms. The molecule has 1 N–H and O–H groups in total. The second kappa shape index (κ2) is 7.95. The molecule has 0 heterocycles. The number of aliphatic hydroxyl groups excluding tert-OH is 1. The van der Waals surface area contributed by atoms with E-state index in [0.717, 1.165) is 24.0 Å². The van der Waals surface area contributed by atoms with Gasteiger partial charge in [0.25, 0.3) is 0 Å². The van der Waals surface area contributed by atoms with E-state index in [1.165, 1.54) is 7.11 Å². The van der Waals surface area contributed by atoms with Crippen LogP contribution in [0.3, 0.4) is 0 Å². The molecule has 1 rings (SSSR count). The maximum absolute atomic E-state index is 11.7. The number of aliphatic hydroxyl groups is 1. The Morgan fingerprint density at radius 1 is 1.32 bits per heavy atom. The lowest BCUT2D eigenvalue weighted by atomic mass is 9.93. The van der Waals surface area contributed by atoms with Crippen LogP contribution in [-0.4, -0.2) is 24.8 Å². The van der Waals surface area contributed by atoms with E-state index in [2.05, 4.69) is 6.92 Å². The average Bonchev–Trinajstić information content (AvgIpc) is 2.46. The normalized spacial score (nSPS) is 13.9. The summed E-state index contributed by atoms with van der Waals surface area (Å²) in [4.78, 5) is 11.7. The molecule has 0 saturated heterocycles. The summed E-state index contributed by atoms with van der Waals surface area (Å²) in [6.45, 7) is 4.21. The molecule has 1 aromatic rings. The largest absolute Gasteiger partial charge is 0.469 e. The Balaban J connectivity index is 2.72. The summed E-state index contributed by atoms with van der Waals surface area (Å²) < 4.78 is 4.84.